The summed E-state index contributed by atoms with van der Waals surface area (Å²) in [7, 11) is 0. The Hall–Kier alpha value is -0.600. The number of nitrogens with one attached hydrogen (secondary N) is 1. The maximum Gasteiger partial charge on any atom is 0.141 e. The van der Waals surface area contributed by atoms with E-state index in [0.717, 1.165) is 37.9 Å². The average Bonchev–Trinajstić information content (AvgIpc) is 2.39. The summed E-state index contributed by atoms with van der Waals surface area (Å²) in [4.78, 5) is 0. The fourth-order valence-electron chi connectivity index (χ4n) is 2.29. The van der Waals surface area contributed by atoms with Crippen LogP contribution in [0.3, 0.4) is 0 Å². The van der Waals surface area contributed by atoms with Gasteiger partial charge in [-0.25, -0.2) is 4.39 Å². The Morgan fingerprint density at radius 2 is 1.89 bits per heavy atom. The minimum atomic E-state index is -0.342. The van der Waals surface area contributed by atoms with Gasteiger partial charge in [-0.05, 0) is 48.9 Å². The van der Waals surface area contributed by atoms with Gasteiger partial charge in [-0.1, -0.05) is 38.4 Å². The van der Waals surface area contributed by atoms with E-state index in [2.05, 4.69) is 26.1 Å². The maximum absolute atomic E-state index is 13.2. The Bertz CT molecular complexity index is 375. The number of halogens is 2. The largest absolute Gasteiger partial charge is 0.316 e. The standard InChI is InChI=1S/C15H23ClFN/c1-4-15(5-2,11-18-6-3)10-12-7-8-14(17)13(16)9-12/h7-9,18H,4-6,10-11H2,1-3H3. The number of hydrogen-bond donors (Lipinski definition) is 1. The molecule has 0 aromatic heterocycles. The van der Waals surface area contributed by atoms with Crippen LogP contribution in [0.4, 0.5) is 4.39 Å². The first-order chi connectivity index (χ1) is 8.56. The minimum absolute atomic E-state index is 0.219. The summed E-state index contributed by atoms with van der Waals surface area (Å²) in [6, 6.07) is 5.05. The van der Waals surface area contributed by atoms with Crippen molar-refractivity contribution in [2.45, 2.75) is 40.0 Å². The molecule has 0 spiro atoms. The van der Waals surface area contributed by atoms with Crippen molar-refractivity contribution in [2.24, 2.45) is 5.41 Å². The summed E-state index contributed by atoms with van der Waals surface area (Å²) in [5.74, 6) is -0.342. The van der Waals surface area contributed by atoms with Crippen LogP contribution in [-0.4, -0.2) is 13.1 Å². The zero-order valence-corrected chi connectivity index (χ0v) is 12.3. The second kappa shape index (κ2) is 7.10. The van der Waals surface area contributed by atoms with Crippen molar-refractivity contribution < 1.29 is 4.39 Å². The lowest BCUT2D eigenvalue weighted by Gasteiger charge is -2.32. The average molecular weight is 272 g/mol. The van der Waals surface area contributed by atoms with Gasteiger partial charge in [0, 0.05) is 6.54 Å². The van der Waals surface area contributed by atoms with E-state index in [1.165, 1.54) is 6.07 Å². The lowest BCUT2D eigenvalue weighted by Crippen LogP contribution is -2.35. The first kappa shape index (κ1) is 15.5. The third kappa shape index (κ3) is 3.96. The molecule has 0 saturated carbocycles. The highest BCUT2D eigenvalue weighted by atomic mass is 35.5. The molecule has 0 amide bonds. The van der Waals surface area contributed by atoms with Gasteiger partial charge in [0.2, 0.25) is 0 Å². The van der Waals surface area contributed by atoms with Gasteiger partial charge in [-0.3, -0.25) is 0 Å². The molecule has 0 aliphatic carbocycles. The lowest BCUT2D eigenvalue weighted by molar-refractivity contribution is 0.248. The van der Waals surface area contributed by atoms with Crippen molar-refractivity contribution in [3.63, 3.8) is 0 Å². The quantitative estimate of drug-likeness (QED) is 0.773. The fourth-order valence-corrected chi connectivity index (χ4v) is 2.49. The van der Waals surface area contributed by atoms with Gasteiger partial charge in [0.15, 0.2) is 0 Å². The Morgan fingerprint density at radius 3 is 2.39 bits per heavy atom. The van der Waals surface area contributed by atoms with E-state index >= 15 is 0 Å². The van der Waals surface area contributed by atoms with E-state index in [1.807, 2.05) is 6.07 Å². The smallest absolute Gasteiger partial charge is 0.141 e. The summed E-state index contributed by atoms with van der Waals surface area (Å²) in [6.45, 7) is 8.51. The van der Waals surface area contributed by atoms with Crippen LogP contribution in [0.15, 0.2) is 18.2 Å². The summed E-state index contributed by atoms with van der Waals surface area (Å²) >= 11 is 5.84. The monoisotopic (exact) mass is 271 g/mol. The van der Waals surface area contributed by atoms with E-state index in [-0.39, 0.29) is 16.3 Å². The summed E-state index contributed by atoms with van der Waals surface area (Å²) in [5.41, 5.74) is 1.35. The highest BCUT2D eigenvalue weighted by molar-refractivity contribution is 6.30. The number of hydrogen-bond acceptors (Lipinski definition) is 1. The van der Waals surface area contributed by atoms with E-state index in [4.69, 9.17) is 11.6 Å². The summed E-state index contributed by atoms with van der Waals surface area (Å²) in [6.07, 6.45) is 3.14. The Morgan fingerprint density at radius 1 is 1.22 bits per heavy atom. The molecule has 0 bridgehead atoms. The Balaban J connectivity index is 2.84. The summed E-state index contributed by atoms with van der Waals surface area (Å²) < 4.78 is 13.2. The van der Waals surface area contributed by atoms with Gasteiger partial charge in [0.25, 0.3) is 0 Å². The zero-order valence-electron chi connectivity index (χ0n) is 11.5. The zero-order chi connectivity index (χ0) is 13.6. The van der Waals surface area contributed by atoms with Crippen molar-refractivity contribution in [3.05, 3.63) is 34.6 Å². The van der Waals surface area contributed by atoms with E-state index in [0.29, 0.717) is 0 Å². The van der Waals surface area contributed by atoms with Crippen LogP contribution in [0.25, 0.3) is 0 Å². The molecule has 3 heteroatoms. The molecule has 1 aromatic carbocycles. The van der Waals surface area contributed by atoms with Crippen molar-refractivity contribution in [2.75, 3.05) is 13.1 Å². The number of rotatable bonds is 7. The topological polar surface area (TPSA) is 12.0 Å². The van der Waals surface area contributed by atoms with E-state index in [9.17, 15) is 4.39 Å². The predicted octanol–water partition coefficient (Wildman–Crippen LogP) is 4.44. The van der Waals surface area contributed by atoms with Gasteiger partial charge in [0.1, 0.15) is 5.82 Å². The highest BCUT2D eigenvalue weighted by Gasteiger charge is 2.26. The van der Waals surface area contributed by atoms with E-state index in [1.54, 1.807) is 6.07 Å². The third-order valence-corrected chi connectivity index (χ3v) is 4.10. The molecule has 0 radical (unpaired) electrons. The molecular formula is C15H23ClFN. The van der Waals surface area contributed by atoms with Crippen LogP contribution in [0.2, 0.25) is 5.02 Å². The van der Waals surface area contributed by atoms with Crippen LogP contribution < -0.4 is 5.32 Å². The summed E-state index contributed by atoms with van der Waals surface area (Å²) in [5, 5.41) is 3.65. The minimum Gasteiger partial charge on any atom is -0.316 e. The van der Waals surface area contributed by atoms with Gasteiger partial charge in [-0.15, -0.1) is 0 Å². The first-order valence-corrected chi connectivity index (χ1v) is 7.09. The first-order valence-electron chi connectivity index (χ1n) is 6.71. The van der Waals surface area contributed by atoms with Crippen LogP contribution in [0.1, 0.15) is 39.2 Å². The van der Waals surface area contributed by atoms with Gasteiger partial charge < -0.3 is 5.32 Å². The van der Waals surface area contributed by atoms with Crippen LogP contribution in [0, 0.1) is 11.2 Å². The molecule has 0 heterocycles. The SMILES string of the molecule is CCNCC(CC)(CC)Cc1ccc(F)c(Cl)c1. The molecular weight excluding hydrogens is 249 g/mol. The van der Waals surface area contributed by atoms with Gasteiger partial charge in [-0.2, -0.15) is 0 Å². The van der Waals surface area contributed by atoms with Crippen molar-refractivity contribution in [3.8, 4) is 0 Å². The Kier molecular flexibility index (Phi) is 6.10. The fraction of sp³-hybridized carbons (Fsp3) is 0.600. The molecule has 0 saturated heterocycles. The highest BCUT2D eigenvalue weighted by Crippen LogP contribution is 2.31. The molecule has 1 N–H and O–H groups in total. The molecule has 1 rings (SSSR count). The molecule has 0 aliphatic rings. The van der Waals surface area contributed by atoms with Crippen LogP contribution in [0.5, 0.6) is 0 Å². The molecule has 102 valence electrons. The molecule has 0 fully saturated rings. The predicted molar refractivity (Wildman–Crippen MR) is 76.7 cm³/mol. The molecule has 1 nitrogen and oxygen atoms in total. The van der Waals surface area contributed by atoms with Crippen molar-refractivity contribution in [1.82, 2.24) is 5.32 Å². The molecule has 0 atom stereocenters. The van der Waals surface area contributed by atoms with E-state index < -0.39 is 0 Å². The molecule has 18 heavy (non-hydrogen) atoms. The van der Waals surface area contributed by atoms with Crippen molar-refractivity contribution in [1.29, 1.82) is 0 Å². The Labute approximate surface area is 115 Å². The molecule has 1 aromatic rings. The normalized spacial score (nSPS) is 11.8. The third-order valence-electron chi connectivity index (χ3n) is 3.81. The second-order valence-electron chi connectivity index (χ2n) is 4.91. The second-order valence-corrected chi connectivity index (χ2v) is 5.32. The maximum atomic E-state index is 13.2. The molecule has 0 aliphatic heterocycles. The van der Waals surface area contributed by atoms with Crippen LogP contribution in [-0.2, 0) is 6.42 Å². The van der Waals surface area contributed by atoms with Gasteiger partial charge >= 0.3 is 0 Å². The van der Waals surface area contributed by atoms with Crippen LogP contribution >= 0.6 is 11.6 Å². The van der Waals surface area contributed by atoms with Gasteiger partial charge in [0.05, 0.1) is 5.02 Å². The lowest BCUT2D eigenvalue weighted by atomic mass is 9.77. The van der Waals surface area contributed by atoms with Crippen molar-refractivity contribution >= 4 is 11.6 Å². The number of benzene rings is 1. The molecule has 0 unspecified atom stereocenters.